The summed E-state index contributed by atoms with van der Waals surface area (Å²) in [7, 11) is 2.10. The van der Waals surface area contributed by atoms with E-state index in [0.717, 1.165) is 101 Å². The zero-order chi connectivity index (χ0) is 89.1. The first kappa shape index (κ1) is 89.6. The third-order valence-corrected chi connectivity index (χ3v) is 23.9. The predicted molar refractivity (Wildman–Crippen MR) is 491 cm³/mol. The van der Waals surface area contributed by atoms with Gasteiger partial charge in [-0.2, -0.15) is 0 Å². The number of carbonyl (C=O) groups is 3. The van der Waals surface area contributed by atoms with E-state index in [4.69, 9.17) is 81.2 Å². The molecule has 9 N–H and O–H groups in total. The molecule has 3 atom stereocenters. The summed E-state index contributed by atoms with van der Waals surface area (Å²) < 4.78 is 71.2. The number of nitrogens with zero attached hydrogens (tertiary/aromatic N) is 14. The van der Waals surface area contributed by atoms with Crippen LogP contribution in [-0.2, 0) is 0 Å². The van der Waals surface area contributed by atoms with Crippen LogP contribution in [0.3, 0.4) is 0 Å². The summed E-state index contributed by atoms with van der Waals surface area (Å²) in [6, 6.07) is 27.4. The van der Waals surface area contributed by atoms with Gasteiger partial charge in [0.05, 0.1) is 50.5 Å². The summed E-state index contributed by atoms with van der Waals surface area (Å²) in [4.78, 5) is 79.8. The summed E-state index contributed by atoms with van der Waals surface area (Å²) in [5.41, 5.74) is 28.1. The molecule has 6 aromatic heterocycles. The Morgan fingerprint density at radius 1 is 0.440 bits per heavy atom. The number of benzene rings is 6. The Hall–Kier alpha value is -11.6. The van der Waals surface area contributed by atoms with Gasteiger partial charge in [-0.1, -0.05) is 73.8 Å². The van der Waals surface area contributed by atoms with Crippen molar-refractivity contribution in [2.75, 3.05) is 127 Å². The zero-order valence-corrected chi connectivity index (χ0v) is 75.0. The van der Waals surface area contributed by atoms with Crippen molar-refractivity contribution in [1.82, 2.24) is 52.9 Å². The molecular weight excluding hydrogens is 1660 g/mol. The van der Waals surface area contributed by atoms with Crippen molar-refractivity contribution in [2.24, 2.45) is 5.92 Å². The number of anilines is 9. The van der Waals surface area contributed by atoms with E-state index in [0.29, 0.717) is 102 Å². The molecule has 12 aromatic rings. The topological polar surface area (TPSA) is 300 Å². The Morgan fingerprint density at radius 2 is 0.744 bits per heavy atom. The summed E-state index contributed by atoms with van der Waals surface area (Å²) in [5.74, 6) is -1.51. The molecule has 1 aliphatic carbocycles. The number of nitrogens with two attached hydrogens (primary N) is 3. The Morgan fingerprint density at radius 3 is 1.05 bits per heavy atom. The molecule has 9 heterocycles. The number of piperidine rings is 1. The minimum Gasteiger partial charge on any atom is -0.490 e. The lowest BCUT2D eigenvalue weighted by Crippen LogP contribution is -2.47. The quantitative estimate of drug-likeness (QED) is 0.0347. The average Bonchev–Trinajstić information content (AvgIpc) is 1.68. The van der Waals surface area contributed by atoms with Gasteiger partial charge in [0.15, 0.2) is 17.5 Å². The van der Waals surface area contributed by atoms with Gasteiger partial charge >= 0.3 is 0 Å². The van der Waals surface area contributed by atoms with Crippen LogP contribution in [0.5, 0.6) is 17.2 Å². The molecule has 26 nitrogen and oxygen atoms in total. The number of rotatable bonds is 23. The second-order valence-corrected chi connectivity index (χ2v) is 34.6. The van der Waals surface area contributed by atoms with Crippen molar-refractivity contribution in [2.45, 2.75) is 151 Å². The highest BCUT2D eigenvalue weighted by atomic mass is 35.5. The highest BCUT2D eigenvalue weighted by molar-refractivity contribution is 6.32. The van der Waals surface area contributed by atoms with Gasteiger partial charge in [-0.3, -0.25) is 32.5 Å². The molecule has 0 spiro atoms. The van der Waals surface area contributed by atoms with Gasteiger partial charge in [-0.05, 0) is 180 Å². The second-order valence-electron chi connectivity index (χ2n) is 33.4. The fraction of sp³-hybridized carbons (Fsp3) is 0.387. The Kier molecular flexibility index (Phi) is 27.6. The van der Waals surface area contributed by atoms with Crippen LogP contribution < -0.4 is 62.1 Å². The summed E-state index contributed by atoms with van der Waals surface area (Å²) in [6.07, 6.45) is 15.3. The molecule has 32 heteroatoms. The van der Waals surface area contributed by atoms with E-state index >= 15 is 13.2 Å². The lowest BCUT2D eigenvalue weighted by molar-refractivity contribution is 0.100. The minimum absolute atomic E-state index is 0.124. The van der Waals surface area contributed by atoms with Crippen LogP contribution in [0.25, 0.3) is 16.6 Å². The fourth-order valence-electron chi connectivity index (χ4n) is 16.7. The largest absolute Gasteiger partial charge is 0.490 e. The monoisotopic (exact) mass is 1760 g/mol. The van der Waals surface area contributed by atoms with Crippen molar-refractivity contribution in [1.29, 1.82) is 0 Å². The molecule has 4 aliphatic rings. The van der Waals surface area contributed by atoms with Crippen LogP contribution in [0.1, 0.15) is 194 Å². The maximum Gasteiger partial charge on any atom is 0.262 e. The second kappa shape index (κ2) is 38.5. The van der Waals surface area contributed by atoms with E-state index in [9.17, 15) is 14.4 Å². The van der Waals surface area contributed by atoms with Gasteiger partial charge in [0, 0.05) is 178 Å². The molecule has 125 heavy (non-hydrogen) atoms. The van der Waals surface area contributed by atoms with Crippen LogP contribution >= 0.6 is 34.8 Å². The molecule has 0 bridgehead atoms. The summed E-state index contributed by atoms with van der Waals surface area (Å²) in [5, 5.41) is 8.13. The number of imidazole rings is 3. The first-order chi connectivity index (χ1) is 59.8. The van der Waals surface area contributed by atoms with Crippen LogP contribution in [0.2, 0.25) is 15.1 Å². The Balaban J connectivity index is 0.000000153. The number of carbonyl (C=O) groups excluding carboxylic acids is 3. The summed E-state index contributed by atoms with van der Waals surface area (Å²) >= 11 is 19.3. The molecule has 6 aromatic carbocycles. The first-order valence-electron chi connectivity index (χ1n) is 42.5. The molecular formula is C93H108Cl3F3N20O6. The molecule has 658 valence electrons. The molecule has 3 unspecified atom stereocenters. The van der Waals surface area contributed by atoms with E-state index in [1.165, 1.54) is 44.0 Å². The Labute approximate surface area is 740 Å². The molecule has 3 amide bonds. The number of hydrogen-bond acceptors (Lipinski definition) is 20. The number of aromatic nitrogens is 9. The number of ether oxygens (including phenoxy) is 3. The highest BCUT2D eigenvalue weighted by Crippen LogP contribution is 2.45. The molecule has 4 fully saturated rings. The lowest BCUT2D eigenvalue weighted by Gasteiger charge is -2.36. The van der Waals surface area contributed by atoms with Crippen molar-refractivity contribution >= 4 is 121 Å². The van der Waals surface area contributed by atoms with Crippen LogP contribution in [0, 0.1) is 44.1 Å². The number of aryl methyl sites for hydroxylation is 3. The maximum absolute atomic E-state index is 15.8. The third kappa shape index (κ3) is 19.7. The van der Waals surface area contributed by atoms with E-state index < -0.39 is 52.9 Å². The van der Waals surface area contributed by atoms with E-state index in [-0.39, 0.29) is 67.3 Å². The van der Waals surface area contributed by atoms with Gasteiger partial charge in [0.2, 0.25) is 0 Å². The first-order valence-corrected chi connectivity index (χ1v) is 43.7. The Bertz CT molecular complexity index is 6000. The van der Waals surface area contributed by atoms with E-state index in [2.05, 4.69) is 62.4 Å². The number of hydrogen-bond donors (Lipinski definition) is 6. The van der Waals surface area contributed by atoms with Crippen molar-refractivity contribution < 1.29 is 41.8 Å². The van der Waals surface area contributed by atoms with Crippen molar-refractivity contribution in [3.63, 3.8) is 0 Å². The SMILES string of the molecule is Cc1nc(C(C)c2cc(Cl)c(F)c(C(=O)Nc3cccc(N4CCCCC4)c3)c2OC(C)C)n2ccnc(N)c12.Cc1nc(C(C)c2cc(Cl)c(F)c(C(=O)Nc3cccc(N4CCN(C)CC4)c3)c2OC(C)C)n2ccnc(N)c12.Cc1nc(C(C)c2cc(Cl)c(F)c(C(=O)Nc3cccc(N4CCN(CC5CC5)CC4)c3)c2OC(C)C)n2ccnc(N)c12. The number of halogens is 6. The van der Waals surface area contributed by atoms with Gasteiger partial charge in [0.1, 0.15) is 85.4 Å². The fourth-order valence-corrected chi connectivity index (χ4v) is 17.3. The van der Waals surface area contributed by atoms with Gasteiger partial charge < -0.3 is 67.0 Å². The number of piperazine rings is 2. The number of nitrogen functional groups attached to an aromatic ring is 3. The number of amides is 3. The molecule has 0 radical (unpaired) electrons. The maximum atomic E-state index is 15.8. The lowest BCUT2D eigenvalue weighted by atomic mass is 9.95. The van der Waals surface area contributed by atoms with E-state index in [1.807, 2.05) is 151 Å². The number of nitrogens with one attached hydrogen (secondary N) is 3. The number of likely N-dealkylation sites (N-methyl/N-ethyl adjacent to an activating group) is 1. The standard InChI is InChI=1S/C33H39ClFN7O2.C30H35ClFN7O2.C30H34ClFN6O2/c1-19(2)44-30-25(20(3)32-38-21(4)29-31(36)37-10-11-42(29)32)17-26(34)28(35)27(30)33(43)39-23-6-5-7-24(16-23)41-14-12-40(13-15-41)18-22-8-9-22;1-17(2)41-27-22(18(3)29-35-19(4)26-28(33)34-9-10-39(26)29)16-23(31)25(32)24(27)30(40)36-20-7-6-8-21(15-20)38-13-11-37(5)12-14-38;1-17(2)40-27-22(18(3)29-35-19(4)26-28(33)34-11-14-38(26)29)16-23(31)25(32)24(27)30(39)36-20-9-8-10-21(15-20)37-12-6-5-7-13-37/h5-7,10-11,16-17,19-20,22H,8-9,12-15,18H2,1-4H3,(H2,36,37)(H,39,43);6-10,15-18H,11-14H2,1-5H3,(H2,33,34)(H,36,40);8-11,14-18H,5-7,12-13H2,1-4H3,(H2,33,34)(H,36,39). The predicted octanol–water partition coefficient (Wildman–Crippen LogP) is 18.1. The molecule has 3 saturated heterocycles. The van der Waals surface area contributed by atoms with Crippen LogP contribution in [0.4, 0.5) is 64.7 Å². The number of fused-ring (bicyclic) bond motifs is 3. The third-order valence-electron chi connectivity index (χ3n) is 23.1. The molecule has 16 rings (SSSR count). The normalized spacial score (nSPS) is 15.4. The summed E-state index contributed by atoms with van der Waals surface area (Å²) in [6.45, 7) is 32.9. The average molecular weight is 1770 g/mol. The van der Waals surface area contributed by atoms with Crippen molar-refractivity contribution in [3.8, 4) is 17.2 Å². The van der Waals surface area contributed by atoms with E-state index in [1.54, 1.807) is 55.4 Å². The minimum atomic E-state index is -0.844. The molecule has 3 aliphatic heterocycles. The van der Waals surface area contributed by atoms with Gasteiger partial charge in [-0.15, -0.1) is 0 Å². The zero-order valence-electron chi connectivity index (χ0n) is 72.7. The smallest absolute Gasteiger partial charge is 0.262 e. The van der Waals surface area contributed by atoms with Gasteiger partial charge in [-0.25, -0.2) is 43.1 Å². The molecule has 1 saturated carbocycles. The van der Waals surface area contributed by atoms with Crippen LogP contribution in [0.15, 0.2) is 128 Å². The van der Waals surface area contributed by atoms with Crippen LogP contribution in [-0.4, -0.2) is 168 Å². The van der Waals surface area contributed by atoms with Crippen molar-refractivity contribution in [3.05, 3.63) is 229 Å². The highest BCUT2D eigenvalue weighted by Gasteiger charge is 2.36. The van der Waals surface area contributed by atoms with Gasteiger partial charge in [0.25, 0.3) is 17.7 Å².